The minimum atomic E-state index is 0.0680. The Labute approximate surface area is 155 Å². The van der Waals surface area contributed by atoms with E-state index in [2.05, 4.69) is 27.0 Å². The predicted molar refractivity (Wildman–Crippen MR) is 98.8 cm³/mol. The SMILES string of the molecule is CCn1c(C)cc(C(=O)CSc2nnnn2-c2cccc(Cl)c2)c1C. The third-order valence-corrected chi connectivity index (χ3v) is 5.17. The second-order valence-electron chi connectivity index (χ2n) is 5.59. The minimum Gasteiger partial charge on any atom is -0.349 e. The highest BCUT2D eigenvalue weighted by atomic mass is 35.5. The normalized spacial score (nSPS) is 11.0. The number of aromatic nitrogens is 5. The summed E-state index contributed by atoms with van der Waals surface area (Å²) in [6.45, 7) is 6.91. The summed E-state index contributed by atoms with van der Waals surface area (Å²) in [7, 11) is 0. The highest BCUT2D eigenvalue weighted by molar-refractivity contribution is 7.99. The molecule has 0 aliphatic rings. The predicted octanol–water partition coefficient (Wildman–Crippen LogP) is 3.73. The fourth-order valence-corrected chi connectivity index (χ4v) is 3.78. The lowest BCUT2D eigenvalue weighted by Gasteiger charge is -2.06. The zero-order valence-electron chi connectivity index (χ0n) is 14.2. The molecular formula is C17H18ClN5OS. The van der Waals surface area contributed by atoms with E-state index in [1.165, 1.54) is 11.8 Å². The van der Waals surface area contributed by atoms with Crippen LogP contribution in [0.5, 0.6) is 0 Å². The number of ketones is 1. The first-order valence-corrected chi connectivity index (χ1v) is 9.24. The van der Waals surface area contributed by atoms with E-state index in [0.29, 0.717) is 10.2 Å². The van der Waals surface area contributed by atoms with E-state index in [9.17, 15) is 4.79 Å². The standard InChI is InChI=1S/C17H18ClN5OS/c1-4-22-11(2)8-15(12(22)3)16(24)10-25-17-19-20-21-23(17)14-7-5-6-13(18)9-14/h5-9H,4,10H2,1-3H3. The molecule has 3 rings (SSSR count). The molecule has 0 unspecified atom stereocenters. The molecule has 0 bridgehead atoms. The summed E-state index contributed by atoms with van der Waals surface area (Å²) in [5.74, 6) is 0.341. The molecule has 0 amide bonds. The Kier molecular flexibility index (Phi) is 5.24. The number of tetrazole rings is 1. The van der Waals surface area contributed by atoms with Crippen molar-refractivity contribution in [3.8, 4) is 5.69 Å². The highest BCUT2D eigenvalue weighted by Gasteiger charge is 2.17. The van der Waals surface area contributed by atoms with Gasteiger partial charge in [0.15, 0.2) is 5.78 Å². The molecule has 0 atom stereocenters. The van der Waals surface area contributed by atoms with Gasteiger partial charge in [-0.2, -0.15) is 4.68 Å². The quantitative estimate of drug-likeness (QED) is 0.485. The van der Waals surface area contributed by atoms with Crippen LogP contribution in [0.1, 0.15) is 28.7 Å². The first-order valence-electron chi connectivity index (χ1n) is 7.88. The van der Waals surface area contributed by atoms with Crippen LogP contribution in [0.2, 0.25) is 5.02 Å². The van der Waals surface area contributed by atoms with E-state index < -0.39 is 0 Å². The third kappa shape index (κ3) is 3.62. The fourth-order valence-electron chi connectivity index (χ4n) is 2.82. The van der Waals surface area contributed by atoms with Crippen LogP contribution in [0.4, 0.5) is 0 Å². The number of hydrogen-bond acceptors (Lipinski definition) is 5. The van der Waals surface area contributed by atoms with Gasteiger partial charge in [-0.15, -0.1) is 5.10 Å². The fraction of sp³-hybridized carbons (Fsp3) is 0.294. The molecule has 0 saturated carbocycles. The van der Waals surface area contributed by atoms with E-state index in [4.69, 9.17) is 11.6 Å². The van der Waals surface area contributed by atoms with Crippen LogP contribution in [-0.4, -0.2) is 36.3 Å². The first kappa shape index (κ1) is 17.7. The number of carbonyl (C=O) groups excluding carboxylic acids is 1. The number of rotatable bonds is 6. The minimum absolute atomic E-state index is 0.0680. The summed E-state index contributed by atoms with van der Waals surface area (Å²) in [6.07, 6.45) is 0. The van der Waals surface area contributed by atoms with E-state index >= 15 is 0 Å². The number of nitrogens with zero attached hydrogens (tertiary/aromatic N) is 5. The lowest BCUT2D eigenvalue weighted by atomic mass is 10.2. The summed E-state index contributed by atoms with van der Waals surface area (Å²) in [4.78, 5) is 12.6. The van der Waals surface area contributed by atoms with Crippen LogP contribution < -0.4 is 0 Å². The van der Waals surface area contributed by atoms with Crippen molar-refractivity contribution in [3.05, 3.63) is 52.3 Å². The molecular weight excluding hydrogens is 358 g/mol. The first-order chi connectivity index (χ1) is 12.0. The van der Waals surface area contributed by atoms with Gasteiger partial charge in [-0.05, 0) is 55.5 Å². The zero-order chi connectivity index (χ0) is 18.0. The van der Waals surface area contributed by atoms with Gasteiger partial charge >= 0.3 is 0 Å². The van der Waals surface area contributed by atoms with Gasteiger partial charge in [-0.3, -0.25) is 4.79 Å². The molecule has 3 aromatic rings. The Morgan fingerprint density at radius 2 is 2.08 bits per heavy atom. The number of benzene rings is 1. The van der Waals surface area contributed by atoms with Crippen LogP contribution in [0.15, 0.2) is 35.5 Å². The Bertz CT molecular complexity index is 918. The number of Topliss-reactive ketones (excluding diaryl/α,β-unsaturated/α-hetero) is 1. The Hall–Kier alpha value is -2.12. The maximum Gasteiger partial charge on any atom is 0.214 e. The van der Waals surface area contributed by atoms with Gasteiger partial charge in [0.2, 0.25) is 5.16 Å². The zero-order valence-corrected chi connectivity index (χ0v) is 15.8. The van der Waals surface area contributed by atoms with E-state index in [0.717, 1.165) is 29.2 Å². The number of aryl methyl sites for hydroxylation is 1. The van der Waals surface area contributed by atoms with Crippen molar-refractivity contribution < 1.29 is 4.79 Å². The molecule has 0 aliphatic carbocycles. The van der Waals surface area contributed by atoms with Crippen LogP contribution in [-0.2, 0) is 6.54 Å². The monoisotopic (exact) mass is 375 g/mol. The average Bonchev–Trinajstić information content (AvgIpc) is 3.17. The number of carbonyl (C=O) groups is 1. The lowest BCUT2D eigenvalue weighted by molar-refractivity contribution is 0.102. The molecule has 0 fully saturated rings. The summed E-state index contributed by atoms with van der Waals surface area (Å²) < 4.78 is 3.72. The Morgan fingerprint density at radius 1 is 1.28 bits per heavy atom. The maximum absolute atomic E-state index is 12.6. The Morgan fingerprint density at radius 3 is 2.76 bits per heavy atom. The van der Waals surface area contributed by atoms with Gasteiger partial charge in [0.1, 0.15) is 0 Å². The highest BCUT2D eigenvalue weighted by Crippen LogP contribution is 2.23. The molecule has 25 heavy (non-hydrogen) atoms. The van der Waals surface area contributed by atoms with E-state index in [-0.39, 0.29) is 11.5 Å². The number of halogens is 1. The molecule has 6 nitrogen and oxygen atoms in total. The van der Waals surface area contributed by atoms with E-state index in [1.54, 1.807) is 16.8 Å². The molecule has 130 valence electrons. The van der Waals surface area contributed by atoms with Crippen LogP contribution in [0, 0.1) is 13.8 Å². The van der Waals surface area contributed by atoms with Gasteiger partial charge in [0.25, 0.3) is 0 Å². The average molecular weight is 376 g/mol. The molecule has 0 radical (unpaired) electrons. The lowest BCUT2D eigenvalue weighted by Crippen LogP contribution is -2.07. The number of thioether (sulfide) groups is 1. The second-order valence-corrected chi connectivity index (χ2v) is 6.97. The third-order valence-electron chi connectivity index (χ3n) is 4.02. The van der Waals surface area contributed by atoms with Crippen molar-refractivity contribution in [3.63, 3.8) is 0 Å². The van der Waals surface area contributed by atoms with Crippen LogP contribution in [0.25, 0.3) is 5.69 Å². The van der Waals surface area contributed by atoms with Crippen molar-refractivity contribution in [2.24, 2.45) is 0 Å². The number of hydrogen-bond donors (Lipinski definition) is 0. The molecule has 0 spiro atoms. The van der Waals surface area contributed by atoms with Crippen molar-refractivity contribution in [2.75, 3.05) is 5.75 Å². The second kappa shape index (κ2) is 7.41. The Balaban J connectivity index is 1.77. The van der Waals surface area contributed by atoms with Crippen molar-refractivity contribution >= 4 is 29.1 Å². The smallest absolute Gasteiger partial charge is 0.214 e. The molecule has 8 heteroatoms. The van der Waals surface area contributed by atoms with Crippen molar-refractivity contribution in [2.45, 2.75) is 32.5 Å². The van der Waals surface area contributed by atoms with Crippen LogP contribution >= 0.6 is 23.4 Å². The topological polar surface area (TPSA) is 65.6 Å². The maximum atomic E-state index is 12.6. The molecule has 0 saturated heterocycles. The van der Waals surface area contributed by atoms with Gasteiger partial charge in [-0.1, -0.05) is 29.4 Å². The summed E-state index contributed by atoms with van der Waals surface area (Å²) >= 11 is 7.34. The summed E-state index contributed by atoms with van der Waals surface area (Å²) in [6, 6.07) is 9.21. The summed E-state index contributed by atoms with van der Waals surface area (Å²) in [5, 5.41) is 12.9. The van der Waals surface area contributed by atoms with E-state index in [1.807, 2.05) is 32.0 Å². The van der Waals surface area contributed by atoms with Crippen molar-refractivity contribution in [1.82, 2.24) is 24.8 Å². The molecule has 2 heterocycles. The summed E-state index contributed by atoms with van der Waals surface area (Å²) in [5.41, 5.74) is 3.61. The van der Waals surface area contributed by atoms with Crippen molar-refractivity contribution in [1.29, 1.82) is 0 Å². The molecule has 0 N–H and O–H groups in total. The molecule has 1 aromatic carbocycles. The molecule has 0 aliphatic heterocycles. The van der Waals surface area contributed by atoms with Gasteiger partial charge in [0, 0.05) is 28.5 Å². The largest absolute Gasteiger partial charge is 0.349 e. The van der Waals surface area contributed by atoms with Crippen LogP contribution in [0.3, 0.4) is 0 Å². The van der Waals surface area contributed by atoms with Gasteiger partial charge in [-0.25, -0.2) is 0 Å². The van der Waals surface area contributed by atoms with Gasteiger partial charge in [0.05, 0.1) is 11.4 Å². The van der Waals surface area contributed by atoms with Gasteiger partial charge < -0.3 is 4.57 Å². The molecule has 2 aromatic heterocycles.